The molecule has 96 valence electrons. The number of hydrogen-bond donors (Lipinski definition) is 1. The van der Waals surface area contributed by atoms with Gasteiger partial charge in [-0.2, -0.15) is 5.26 Å². The van der Waals surface area contributed by atoms with Crippen LogP contribution in [0.15, 0.2) is 18.2 Å². The lowest BCUT2D eigenvalue weighted by Gasteiger charge is -2.29. The normalized spacial score (nSPS) is 23.2. The maximum atomic E-state index is 9.17. The first-order valence-corrected chi connectivity index (χ1v) is 6.58. The first-order valence-electron chi connectivity index (χ1n) is 6.58. The van der Waals surface area contributed by atoms with Crippen LogP contribution in [0.25, 0.3) is 0 Å². The van der Waals surface area contributed by atoms with Crippen LogP contribution in [0.5, 0.6) is 5.75 Å². The highest BCUT2D eigenvalue weighted by atomic mass is 16.5. The number of nitrogens with one attached hydrogen (secondary N) is 1. The smallest absolute Gasteiger partial charge is 0.143 e. The molecular formula is C15H20N2O. The minimum Gasteiger partial charge on any atom is -0.495 e. The maximum absolute atomic E-state index is 9.17. The second-order valence-corrected chi connectivity index (χ2v) is 5.11. The summed E-state index contributed by atoms with van der Waals surface area (Å²) in [6, 6.07) is 8.27. The van der Waals surface area contributed by atoms with Gasteiger partial charge in [-0.1, -0.05) is 25.8 Å². The Hall–Kier alpha value is -1.69. The van der Waals surface area contributed by atoms with Crippen molar-refractivity contribution in [2.24, 2.45) is 5.92 Å². The molecule has 0 spiro atoms. The van der Waals surface area contributed by atoms with Gasteiger partial charge in [0.05, 0.1) is 18.4 Å². The molecular weight excluding hydrogens is 224 g/mol. The van der Waals surface area contributed by atoms with Gasteiger partial charge in [0, 0.05) is 6.04 Å². The number of rotatable bonds is 3. The van der Waals surface area contributed by atoms with E-state index in [9.17, 15) is 5.26 Å². The summed E-state index contributed by atoms with van der Waals surface area (Å²) in [5.74, 6) is 1.52. The zero-order valence-corrected chi connectivity index (χ0v) is 11.1. The first-order chi connectivity index (χ1) is 8.74. The summed E-state index contributed by atoms with van der Waals surface area (Å²) in [5.41, 5.74) is 1.51. The van der Waals surface area contributed by atoms with E-state index < -0.39 is 0 Å². The van der Waals surface area contributed by atoms with Crippen molar-refractivity contribution in [2.45, 2.75) is 38.6 Å². The van der Waals surface area contributed by atoms with Crippen molar-refractivity contribution in [3.05, 3.63) is 23.8 Å². The van der Waals surface area contributed by atoms with Crippen molar-refractivity contribution in [3.63, 3.8) is 0 Å². The summed E-state index contributed by atoms with van der Waals surface area (Å²) >= 11 is 0. The first kappa shape index (κ1) is 12.8. The van der Waals surface area contributed by atoms with Crippen molar-refractivity contribution in [2.75, 3.05) is 12.4 Å². The van der Waals surface area contributed by atoms with E-state index >= 15 is 0 Å². The largest absolute Gasteiger partial charge is 0.495 e. The fourth-order valence-electron chi connectivity index (χ4n) is 2.71. The fraction of sp³-hybridized carbons (Fsp3) is 0.533. The van der Waals surface area contributed by atoms with E-state index in [1.54, 1.807) is 7.11 Å². The summed E-state index contributed by atoms with van der Waals surface area (Å²) in [5, 5.41) is 12.7. The van der Waals surface area contributed by atoms with E-state index in [0.717, 1.165) is 17.4 Å². The van der Waals surface area contributed by atoms with Crippen molar-refractivity contribution in [3.8, 4) is 11.8 Å². The van der Waals surface area contributed by atoms with Crippen molar-refractivity contribution < 1.29 is 4.74 Å². The van der Waals surface area contributed by atoms with Gasteiger partial charge in [-0.3, -0.25) is 0 Å². The molecule has 0 heterocycles. The van der Waals surface area contributed by atoms with E-state index in [0.29, 0.717) is 11.6 Å². The Morgan fingerprint density at radius 2 is 2.22 bits per heavy atom. The van der Waals surface area contributed by atoms with Crippen LogP contribution in [0.2, 0.25) is 0 Å². The van der Waals surface area contributed by atoms with Crippen LogP contribution in [-0.4, -0.2) is 13.2 Å². The highest BCUT2D eigenvalue weighted by molar-refractivity contribution is 5.66. The molecule has 2 unspecified atom stereocenters. The quantitative estimate of drug-likeness (QED) is 0.884. The average Bonchev–Trinajstić information content (AvgIpc) is 2.39. The molecule has 2 rings (SSSR count). The predicted molar refractivity (Wildman–Crippen MR) is 72.8 cm³/mol. The molecule has 0 amide bonds. The molecule has 1 aromatic rings. The van der Waals surface area contributed by atoms with E-state index in [-0.39, 0.29) is 0 Å². The molecule has 0 saturated heterocycles. The molecule has 1 saturated carbocycles. The molecule has 1 fully saturated rings. The minimum atomic E-state index is 0.456. The van der Waals surface area contributed by atoms with Gasteiger partial charge in [0.1, 0.15) is 11.8 Å². The van der Waals surface area contributed by atoms with Gasteiger partial charge in [-0.05, 0) is 30.9 Å². The second kappa shape index (κ2) is 5.77. The van der Waals surface area contributed by atoms with Crippen molar-refractivity contribution in [1.29, 1.82) is 5.26 Å². The number of nitriles is 1. The Labute approximate surface area is 109 Å². The van der Waals surface area contributed by atoms with Gasteiger partial charge in [-0.15, -0.1) is 0 Å². The van der Waals surface area contributed by atoms with Gasteiger partial charge < -0.3 is 10.1 Å². The van der Waals surface area contributed by atoms with Crippen molar-refractivity contribution in [1.82, 2.24) is 0 Å². The number of ether oxygens (including phenoxy) is 1. The Balaban J connectivity index is 2.19. The van der Waals surface area contributed by atoms with E-state index in [1.165, 1.54) is 25.7 Å². The molecule has 1 N–H and O–H groups in total. The number of methoxy groups -OCH3 is 1. The maximum Gasteiger partial charge on any atom is 0.143 e. The van der Waals surface area contributed by atoms with Crippen LogP contribution in [0.3, 0.4) is 0 Å². The zero-order valence-electron chi connectivity index (χ0n) is 11.1. The molecule has 2 atom stereocenters. The van der Waals surface area contributed by atoms with Gasteiger partial charge in [0.2, 0.25) is 0 Å². The Kier molecular flexibility index (Phi) is 4.09. The molecule has 1 aliphatic carbocycles. The summed E-state index contributed by atoms with van der Waals surface area (Å²) < 4.78 is 5.34. The van der Waals surface area contributed by atoms with Crippen LogP contribution in [0.1, 0.15) is 38.2 Å². The molecule has 0 aromatic heterocycles. The van der Waals surface area contributed by atoms with Crippen LogP contribution in [0, 0.1) is 17.2 Å². The van der Waals surface area contributed by atoms with Crippen molar-refractivity contribution >= 4 is 5.69 Å². The summed E-state index contributed by atoms with van der Waals surface area (Å²) in [7, 11) is 1.64. The molecule has 18 heavy (non-hydrogen) atoms. The molecule has 1 aliphatic rings. The van der Waals surface area contributed by atoms with Crippen LogP contribution in [0.4, 0.5) is 5.69 Å². The standard InChI is InChI=1S/C15H20N2O/c1-11-5-3-7-13(9-11)17-15-12(10-16)6-4-8-14(15)18-2/h4,6,8,11,13,17H,3,5,7,9H2,1-2H3. The Bertz CT molecular complexity index is 450. The highest BCUT2D eigenvalue weighted by Gasteiger charge is 2.20. The number of nitrogens with zero attached hydrogens (tertiary/aromatic N) is 1. The molecule has 0 bridgehead atoms. The SMILES string of the molecule is COc1cccc(C#N)c1NC1CCCC(C)C1. The van der Waals surface area contributed by atoms with E-state index in [1.807, 2.05) is 18.2 Å². The molecule has 0 aliphatic heterocycles. The molecule has 3 heteroatoms. The lowest BCUT2D eigenvalue weighted by molar-refractivity contribution is 0.356. The Morgan fingerprint density at radius 3 is 2.89 bits per heavy atom. The monoisotopic (exact) mass is 244 g/mol. The third kappa shape index (κ3) is 2.76. The van der Waals surface area contributed by atoms with Gasteiger partial charge in [0.25, 0.3) is 0 Å². The Morgan fingerprint density at radius 1 is 1.39 bits per heavy atom. The number of hydrogen-bond acceptors (Lipinski definition) is 3. The molecule has 1 aromatic carbocycles. The third-order valence-corrected chi connectivity index (χ3v) is 3.65. The zero-order chi connectivity index (χ0) is 13.0. The van der Waals surface area contributed by atoms with Gasteiger partial charge in [0.15, 0.2) is 0 Å². The lowest BCUT2D eigenvalue weighted by Crippen LogP contribution is -2.26. The lowest BCUT2D eigenvalue weighted by atomic mass is 9.87. The number of para-hydroxylation sites is 1. The summed E-state index contributed by atoms with van der Waals surface area (Å²) in [6.07, 6.45) is 4.92. The second-order valence-electron chi connectivity index (χ2n) is 5.11. The predicted octanol–water partition coefficient (Wildman–Crippen LogP) is 3.56. The fourth-order valence-corrected chi connectivity index (χ4v) is 2.71. The topological polar surface area (TPSA) is 45.0 Å². The van der Waals surface area contributed by atoms with E-state index in [4.69, 9.17) is 4.74 Å². The summed E-state index contributed by atoms with van der Waals surface area (Å²) in [4.78, 5) is 0. The molecule has 0 radical (unpaired) electrons. The van der Waals surface area contributed by atoms with Gasteiger partial charge in [-0.25, -0.2) is 0 Å². The minimum absolute atomic E-state index is 0.456. The third-order valence-electron chi connectivity index (χ3n) is 3.65. The molecule has 3 nitrogen and oxygen atoms in total. The number of benzene rings is 1. The highest BCUT2D eigenvalue weighted by Crippen LogP contribution is 2.32. The van der Waals surface area contributed by atoms with E-state index in [2.05, 4.69) is 18.3 Å². The average molecular weight is 244 g/mol. The van der Waals surface area contributed by atoms with Crippen LogP contribution < -0.4 is 10.1 Å². The van der Waals surface area contributed by atoms with Crippen LogP contribution in [-0.2, 0) is 0 Å². The van der Waals surface area contributed by atoms with Gasteiger partial charge >= 0.3 is 0 Å². The van der Waals surface area contributed by atoms with Crippen LogP contribution >= 0.6 is 0 Å². The summed E-state index contributed by atoms with van der Waals surface area (Å²) in [6.45, 7) is 2.29. The number of anilines is 1.